The van der Waals surface area contributed by atoms with Crippen molar-refractivity contribution in [3.8, 4) is 0 Å². The second-order valence-corrected chi connectivity index (χ2v) is 1.51. The fourth-order valence-electron chi connectivity index (χ4n) is 0.321. The van der Waals surface area contributed by atoms with E-state index in [4.69, 9.17) is 0 Å². The van der Waals surface area contributed by atoms with Gasteiger partial charge in [-0.25, -0.2) is 0 Å². The number of carbonyl (C=O) groups excluding carboxylic acids is 1. The molecular weight excluding hydrogens is 150 g/mol. The van der Waals surface area contributed by atoms with Gasteiger partial charge in [-0.15, -0.1) is 0 Å². The van der Waals surface area contributed by atoms with Crippen molar-refractivity contribution in [1.29, 1.82) is 0 Å². The van der Waals surface area contributed by atoms with Crippen molar-refractivity contribution in [3.05, 3.63) is 12.2 Å². The van der Waals surface area contributed by atoms with Gasteiger partial charge in [-0.2, -0.15) is 0 Å². The number of amides is 1. The summed E-state index contributed by atoms with van der Waals surface area (Å²) in [6, 6.07) is 0. The van der Waals surface area contributed by atoms with Gasteiger partial charge in [-0.05, 0) is 6.92 Å². The number of carbonyl (C=O) groups is 1. The van der Waals surface area contributed by atoms with E-state index < -0.39 is 0 Å². The Morgan fingerprint density at radius 1 is 1.25 bits per heavy atom. The van der Waals surface area contributed by atoms with Crippen molar-refractivity contribution < 1.29 is 4.79 Å². The molecule has 0 saturated carbocycles. The number of rotatable bonds is 2. The Labute approximate surface area is 77.1 Å². The SMILES string of the molecule is C/C=C/CNC(C)=O.CC.CC. The molecule has 0 radical (unpaired) electrons. The van der Waals surface area contributed by atoms with Crippen LogP contribution in [0.5, 0.6) is 0 Å². The lowest BCUT2D eigenvalue weighted by atomic mass is 10.5. The zero-order valence-corrected chi connectivity index (χ0v) is 9.27. The highest BCUT2D eigenvalue weighted by molar-refractivity contribution is 5.72. The first kappa shape index (κ1) is 17.3. The quantitative estimate of drug-likeness (QED) is 0.639. The summed E-state index contributed by atoms with van der Waals surface area (Å²) in [6.07, 6.45) is 3.79. The number of allylic oxidation sites excluding steroid dienone is 1. The van der Waals surface area contributed by atoms with Gasteiger partial charge in [0.1, 0.15) is 0 Å². The summed E-state index contributed by atoms with van der Waals surface area (Å²) in [5.74, 6) is 0.0168. The largest absolute Gasteiger partial charge is 0.353 e. The van der Waals surface area contributed by atoms with E-state index in [0.717, 1.165) is 0 Å². The van der Waals surface area contributed by atoms with Crippen LogP contribution in [0.25, 0.3) is 0 Å². The van der Waals surface area contributed by atoms with Crippen molar-refractivity contribution in [1.82, 2.24) is 5.32 Å². The zero-order chi connectivity index (χ0) is 10.4. The molecule has 2 nitrogen and oxygen atoms in total. The third-order valence-electron chi connectivity index (χ3n) is 0.705. The van der Waals surface area contributed by atoms with E-state index in [0.29, 0.717) is 6.54 Å². The Morgan fingerprint density at radius 3 is 1.92 bits per heavy atom. The standard InChI is InChI=1S/C6H11NO.2C2H6/c1-3-4-5-7-6(2)8;2*1-2/h3-4H,5H2,1-2H3,(H,7,8);2*1-2H3/b4-3+;;. The number of nitrogens with one attached hydrogen (secondary N) is 1. The smallest absolute Gasteiger partial charge is 0.217 e. The van der Waals surface area contributed by atoms with Gasteiger partial charge < -0.3 is 5.32 Å². The summed E-state index contributed by atoms with van der Waals surface area (Å²) in [6.45, 7) is 12.1. The van der Waals surface area contributed by atoms with E-state index in [2.05, 4.69) is 5.32 Å². The van der Waals surface area contributed by atoms with E-state index in [1.807, 2.05) is 46.8 Å². The van der Waals surface area contributed by atoms with E-state index in [9.17, 15) is 4.79 Å². The first-order chi connectivity index (χ1) is 5.77. The molecular formula is C10H23NO. The topological polar surface area (TPSA) is 29.1 Å². The zero-order valence-electron chi connectivity index (χ0n) is 9.27. The van der Waals surface area contributed by atoms with Crippen molar-refractivity contribution in [2.75, 3.05) is 6.54 Å². The third-order valence-corrected chi connectivity index (χ3v) is 0.705. The van der Waals surface area contributed by atoms with Crippen LogP contribution in [0.15, 0.2) is 12.2 Å². The highest BCUT2D eigenvalue weighted by Gasteiger charge is 1.81. The van der Waals surface area contributed by atoms with Gasteiger partial charge in [0.05, 0.1) is 0 Å². The number of hydrogen-bond donors (Lipinski definition) is 1. The third kappa shape index (κ3) is 35.0. The average molecular weight is 173 g/mol. The lowest BCUT2D eigenvalue weighted by Gasteiger charge is -1.91. The highest BCUT2D eigenvalue weighted by Crippen LogP contribution is 1.66. The van der Waals surface area contributed by atoms with Gasteiger partial charge in [0.15, 0.2) is 0 Å². The number of hydrogen-bond acceptors (Lipinski definition) is 1. The molecule has 0 atom stereocenters. The normalized spacial score (nSPS) is 7.50. The summed E-state index contributed by atoms with van der Waals surface area (Å²) in [7, 11) is 0. The molecule has 0 unspecified atom stereocenters. The minimum Gasteiger partial charge on any atom is -0.353 e. The van der Waals surface area contributed by atoms with Crippen LogP contribution in [0, 0.1) is 0 Å². The van der Waals surface area contributed by atoms with Crippen LogP contribution < -0.4 is 5.32 Å². The highest BCUT2D eigenvalue weighted by atomic mass is 16.1. The first-order valence-electron chi connectivity index (χ1n) is 4.63. The molecule has 1 amide bonds. The maximum absolute atomic E-state index is 10.2. The predicted molar refractivity (Wildman–Crippen MR) is 56.2 cm³/mol. The molecule has 0 aromatic heterocycles. The Morgan fingerprint density at radius 2 is 1.67 bits per heavy atom. The van der Waals surface area contributed by atoms with Crippen LogP contribution in [-0.4, -0.2) is 12.5 Å². The van der Waals surface area contributed by atoms with E-state index in [1.165, 1.54) is 6.92 Å². The predicted octanol–water partition coefficient (Wildman–Crippen LogP) is 2.75. The van der Waals surface area contributed by atoms with Crippen LogP contribution in [0.2, 0.25) is 0 Å². The van der Waals surface area contributed by atoms with Gasteiger partial charge in [0.2, 0.25) is 5.91 Å². The molecule has 0 bridgehead atoms. The molecule has 0 heterocycles. The summed E-state index contributed by atoms with van der Waals surface area (Å²) >= 11 is 0. The van der Waals surface area contributed by atoms with Crippen LogP contribution in [-0.2, 0) is 4.79 Å². The lowest BCUT2D eigenvalue weighted by molar-refractivity contribution is -0.118. The Hall–Kier alpha value is -0.790. The van der Waals surface area contributed by atoms with E-state index >= 15 is 0 Å². The molecule has 0 saturated heterocycles. The second-order valence-electron chi connectivity index (χ2n) is 1.51. The molecule has 0 spiro atoms. The maximum atomic E-state index is 10.2. The van der Waals surface area contributed by atoms with Gasteiger partial charge in [0.25, 0.3) is 0 Å². The summed E-state index contributed by atoms with van der Waals surface area (Å²) in [5.41, 5.74) is 0. The first-order valence-corrected chi connectivity index (χ1v) is 4.63. The van der Waals surface area contributed by atoms with Gasteiger partial charge in [-0.1, -0.05) is 39.8 Å². The van der Waals surface area contributed by atoms with Gasteiger partial charge in [0, 0.05) is 13.5 Å². The molecule has 0 aliphatic carbocycles. The van der Waals surface area contributed by atoms with E-state index in [1.54, 1.807) is 0 Å². The maximum Gasteiger partial charge on any atom is 0.217 e. The molecule has 12 heavy (non-hydrogen) atoms. The Bertz CT molecular complexity index is 98.0. The fourth-order valence-corrected chi connectivity index (χ4v) is 0.321. The molecule has 0 aromatic carbocycles. The van der Waals surface area contributed by atoms with Crippen molar-refractivity contribution >= 4 is 5.91 Å². The molecule has 0 aliphatic heterocycles. The molecule has 0 rings (SSSR count). The molecule has 0 fully saturated rings. The van der Waals surface area contributed by atoms with Crippen LogP contribution in [0.1, 0.15) is 41.5 Å². The molecule has 0 aromatic rings. The summed E-state index contributed by atoms with van der Waals surface area (Å²) < 4.78 is 0. The molecule has 74 valence electrons. The van der Waals surface area contributed by atoms with Crippen LogP contribution in [0.4, 0.5) is 0 Å². The van der Waals surface area contributed by atoms with Crippen LogP contribution >= 0.6 is 0 Å². The minimum atomic E-state index is 0.0168. The lowest BCUT2D eigenvalue weighted by Crippen LogP contribution is -2.19. The van der Waals surface area contributed by atoms with Crippen molar-refractivity contribution in [2.24, 2.45) is 0 Å². The average Bonchev–Trinajstić information content (AvgIpc) is 2.12. The summed E-state index contributed by atoms with van der Waals surface area (Å²) in [4.78, 5) is 10.2. The molecule has 1 N–H and O–H groups in total. The van der Waals surface area contributed by atoms with E-state index in [-0.39, 0.29) is 5.91 Å². The van der Waals surface area contributed by atoms with Crippen LogP contribution in [0.3, 0.4) is 0 Å². The Kier molecular flexibility index (Phi) is 32.4. The minimum absolute atomic E-state index is 0.0168. The second kappa shape index (κ2) is 22.5. The van der Waals surface area contributed by atoms with Crippen molar-refractivity contribution in [2.45, 2.75) is 41.5 Å². The monoisotopic (exact) mass is 173 g/mol. The van der Waals surface area contributed by atoms with Gasteiger partial charge >= 0.3 is 0 Å². The Balaban J connectivity index is -0.000000175. The van der Waals surface area contributed by atoms with Crippen molar-refractivity contribution in [3.63, 3.8) is 0 Å². The van der Waals surface area contributed by atoms with Gasteiger partial charge in [-0.3, -0.25) is 4.79 Å². The fraction of sp³-hybridized carbons (Fsp3) is 0.700. The molecule has 0 aliphatic rings. The molecule has 2 heteroatoms. The summed E-state index contributed by atoms with van der Waals surface area (Å²) in [5, 5.41) is 2.62.